The third kappa shape index (κ3) is 3.10. The van der Waals surface area contributed by atoms with Crippen LogP contribution in [0.1, 0.15) is 26.3 Å². The van der Waals surface area contributed by atoms with E-state index in [0.29, 0.717) is 5.56 Å². The summed E-state index contributed by atoms with van der Waals surface area (Å²) in [6.45, 7) is 0. The summed E-state index contributed by atoms with van der Waals surface area (Å²) in [7, 11) is 0. The number of benzene rings is 2. The van der Waals surface area contributed by atoms with Crippen LogP contribution in [0.2, 0.25) is 0 Å². The molecule has 0 fully saturated rings. The molecule has 0 aliphatic heterocycles. The summed E-state index contributed by atoms with van der Waals surface area (Å²) < 4.78 is 0. The molecule has 0 bridgehead atoms. The first-order valence-corrected chi connectivity index (χ1v) is 7.49. The van der Waals surface area contributed by atoms with Crippen molar-refractivity contribution >= 4 is 17.5 Å². The quantitative estimate of drug-likeness (QED) is 0.882. The Morgan fingerprint density at radius 3 is 2.25 bits per heavy atom. The first-order valence-electron chi connectivity index (χ1n) is 7.49. The molecule has 0 radical (unpaired) electrons. The zero-order chi connectivity index (χ0) is 17.1. The summed E-state index contributed by atoms with van der Waals surface area (Å²) in [5.41, 5.74) is 1.47. The minimum Gasteiger partial charge on any atom is -0.480 e. The molecule has 0 saturated heterocycles. The average Bonchev–Trinajstić information content (AvgIpc) is 2.59. The molecule has 0 unspecified atom stereocenters. The van der Waals surface area contributed by atoms with E-state index in [4.69, 9.17) is 0 Å². The molecular weight excluding hydrogens is 306 g/mol. The van der Waals surface area contributed by atoms with Crippen LogP contribution in [-0.4, -0.2) is 28.7 Å². The summed E-state index contributed by atoms with van der Waals surface area (Å²) in [5.74, 6) is -1.76. The van der Waals surface area contributed by atoms with Crippen LogP contribution in [0.4, 0.5) is 0 Å². The standard InChI is InChI=1S/C19H15NO4/c21-17-11-15(18(22)14-9-5-4-8-13(14)17)20-16(19(23)24)10-12-6-2-1-3-7-12/h1-9,11,16,20H,10H2,(H,23,24)/t16-/m0/s1. The van der Waals surface area contributed by atoms with Gasteiger partial charge in [-0.3, -0.25) is 9.59 Å². The molecule has 0 spiro atoms. The lowest BCUT2D eigenvalue weighted by molar-refractivity contribution is -0.139. The Hall–Kier alpha value is -3.21. The number of aliphatic carboxylic acids is 1. The van der Waals surface area contributed by atoms with Gasteiger partial charge in [0, 0.05) is 23.6 Å². The maximum absolute atomic E-state index is 12.5. The summed E-state index contributed by atoms with van der Waals surface area (Å²) >= 11 is 0. The third-order valence-corrected chi connectivity index (χ3v) is 3.87. The zero-order valence-corrected chi connectivity index (χ0v) is 12.7. The number of allylic oxidation sites excluding steroid dienone is 2. The lowest BCUT2D eigenvalue weighted by atomic mass is 9.92. The molecular formula is C19H15NO4. The second-order valence-corrected chi connectivity index (χ2v) is 5.52. The fourth-order valence-corrected chi connectivity index (χ4v) is 2.66. The van der Waals surface area contributed by atoms with Gasteiger partial charge in [-0.2, -0.15) is 0 Å². The summed E-state index contributed by atoms with van der Waals surface area (Å²) in [5, 5.41) is 12.1. The molecule has 5 nitrogen and oxygen atoms in total. The van der Waals surface area contributed by atoms with Crippen LogP contribution >= 0.6 is 0 Å². The van der Waals surface area contributed by atoms with E-state index < -0.39 is 12.0 Å². The Labute approximate surface area is 138 Å². The normalized spacial score (nSPS) is 14.6. The van der Waals surface area contributed by atoms with Crippen molar-refractivity contribution in [3.8, 4) is 0 Å². The fourth-order valence-electron chi connectivity index (χ4n) is 2.66. The highest BCUT2D eigenvalue weighted by Gasteiger charge is 2.28. The minimum atomic E-state index is -1.08. The van der Waals surface area contributed by atoms with E-state index in [1.54, 1.807) is 24.3 Å². The molecule has 2 aromatic rings. The smallest absolute Gasteiger partial charge is 0.326 e. The van der Waals surface area contributed by atoms with Gasteiger partial charge in [-0.25, -0.2) is 4.79 Å². The monoisotopic (exact) mass is 321 g/mol. The van der Waals surface area contributed by atoms with Crippen LogP contribution in [0.15, 0.2) is 66.4 Å². The van der Waals surface area contributed by atoms with Crippen LogP contribution in [0.25, 0.3) is 0 Å². The molecule has 2 aromatic carbocycles. The van der Waals surface area contributed by atoms with Crippen molar-refractivity contribution < 1.29 is 19.5 Å². The van der Waals surface area contributed by atoms with Crippen molar-refractivity contribution in [1.29, 1.82) is 0 Å². The molecule has 1 atom stereocenters. The second-order valence-electron chi connectivity index (χ2n) is 5.52. The second kappa shape index (κ2) is 6.50. The van der Waals surface area contributed by atoms with Crippen LogP contribution in [0, 0.1) is 0 Å². The van der Waals surface area contributed by atoms with Crippen molar-refractivity contribution in [2.45, 2.75) is 12.5 Å². The number of carboxylic acid groups (broad SMARTS) is 1. The highest BCUT2D eigenvalue weighted by molar-refractivity contribution is 6.24. The average molecular weight is 321 g/mol. The van der Waals surface area contributed by atoms with Crippen LogP contribution in [0.5, 0.6) is 0 Å². The van der Waals surface area contributed by atoms with Gasteiger partial charge in [0.2, 0.25) is 5.78 Å². The summed E-state index contributed by atoms with van der Waals surface area (Å²) in [6, 6.07) is 14.6. The van der Waals surface area contributed by atoms with Crippen molar-refractivity contribution in [2.24, 2.45) is 0 Å². The van der Waals surface area contributed by atoms with Gasteiger partial charge in [0.05, 0.1) is 5.70 Å². The maximum atomic E-state index is 12.5. The first-order chi connectivity index (χ1) is 11.6. The van der Waals surface area contributed by atoms with Gasteiger partial charge in [0.25, 0.3) is 0 Å². The number of carboxylic acids is 1. The number of rotatable bonds is 5. The molecule has 120 valence electrons. The molecule has 0 amide bonds. The van der Waals surface area contributed by atoms with Gasteiger partial charge in [-0.05, 0) is 5.56 Å². The molecule has 1 aliphatic rings. The van der Waals surface area contributed by atoms with Gasteiger partial charge in [-0.15, -0.1) is 0 Å². The summed E-state index contributed by atoms with van der Waals surface area (Å²) in [6.07, 6.45) is 1.38. The van der Waals surface area contributed by atoms with Gasteiger partial charge in [0.15, 0.2) is 5.78 Å². The van der Waals surface area contributed by atoms with Crippen LogP contribution < -0.4 is 5.32 Å². The topological polar surface area (TPSA) is 83.5 Å². The Bertz CT molecular complexity index is 839. The molecule has 0 saturated carbocycles. The Morgan fingerprint density at radius 1 is 0.958 bits per heavy atom. The van der Waals surface area contributed by atoms with E-state index in [1.807, 2.05) is 30.3 Å². The SMILES string of the molecule is O=C1C=C(N[C@@H](Cc2ccccc2)C(=O)O)C(=O)c2ccccc21. The van der Waals surface area contributed by atoms with Gasteiger partial charge in [-0.1, -0.05) is 54.6 Å². The Morgan fingerprint density at radius 2 is 1.58 bits per heavy atom. The van der Waals surface area contributed by atoms with Crippen LogP contribution in [0.3, 0.4) is 0 Å². The number of fused-ring (bicyclic) bond motifs is 1. The van der Waals surface area contributed by atoms with E-state index in [0.717, 1.165) is 5.56 Å². The highest BCUT2D eigenvalue weighted by atomic mass is 16.4. The molecule has 5 heteroatoms. The van der Waals surface area contributed by atoms with Gasteiger partial charge in [0.1, 0.15) is 6.04 Å². The largest absolute Gasteiger partial charge is 0.480 e. The summed E-state index contributed by atoms with van der Waals surface area (Å²) in [4.78, 5) is 36.2. The van der Waals surface area contributed by atoms with Crippen molar-refractivity contribution in [1.82, 2.24) is 5.32 Å². The van der Waals surface area contributed by atoms with E-state index in [9.17, 15) is 19.5 Å². The zero-order valence-electron chi connectivity index (χ0n) is 12.7. The van der Waals surface area contributed by atoms with Crippen molar-refractivity contribution in [2.75, 3.05) is 0 Å². The number of hydrogen-bond acceptors (Lipinski definition) is 4. The maximum Gasteiger partial charge on any atom is 0.326 e. The number of carbonyl (C=O) groups excluding carboxylic acids is 2. The molecule has 0 heterocycles. The predicted molar refractivity (Wildman–Crippen MR) is 87.9 cm³/mol. The van der Waals surface area contributed by atoms with E-state index in [1.165, 1.54) is 6.08 Å². The van der Waals surface area contributed by atoms with Gasteiger partial charge >= 0.3 is 5.97 Å². The third-order valence-electron chi connectivity index (χ3n) is 3.87. The van der Waals surface area contributed by atoms with Crippen molar-refractivity contribution in [3.05, 3.63) is 83.1 Å². The van der Waals surface area contributed by atoms with Crippen molar-refractivity contribution in [3.63, 3.8) is 0 Å². The molecule has 1 aliphatic carbocycles. The number of hydrogen-bond donors (Lipinski definition) is 2. The van der Waals surface area contributed by atoms with E-state index >= 15 is 0 Å². The Kier molecular flexibility index (Phi) is 4.24. The number of carbonyl (C=O) groups is 3. The Balaban J connectivity index is 1.84. The van der Waals surface area contributed by atoms with E-state index in [-0.39, 0.29) is 29.2 Å². The minimum absolute atomic E-state index is 0.0158. The van der Waals surface area contributed by atoms with Crippen LogP contribution in [-0.2, 0) is 11.2 Å². The first kappa shape index (κ1) is 15.7. The number of nitrogens with one attached hydrogen (secondary N) is 1. The lowest BCUT2D eigenvalue weighted by Gasteiger charge is -2.21. The number of ketones is 2. The van der Waals surface area contributed by atoms with Gasteiger partial charge < -0.3 is 10.4 Å². The molecule has 2 N–H and O–H groups in total. The lowest BCUT2D eigenvalue weighted by Crippen LogP contribution is -2.41. The molecule has 0 aromatic heterocycles. The fraction of sp³-hybridized carbons (Fsp3) is 0.105. The van der Waals surface area contributed by atoms with E-state index in [2.05, 4.69) is 5.32 Å². The highest BCUT2D eigenvalue weighted by Crippen LogP contribution is 2.20. The predicted octanol–water partition coefficient (Wildman–Crippen LogP) is 2.24. The molecule has 3 rings (SSSR count). The number of Topliss-reactive ketones (excluding diaryl/α,β-unsaturated/α-hetero) is 1. The molecule has 24 heavy (non-hydrogen) atoms.